The molecule has 2 heterocycles. The smallest absolute Gasteiger partial charge is 0.140 e. The maximum atomic E-state index is 5.74. The first kappa shape index (κ1) is 11.5. The highest BCUT2D eigenvalue weighted by atomic mass is 32.2. The van der Waals surface area contributed by atoms with Crippen LogP contribution in [0.3, 0.4) is 0 Å². The minimum Gasteiger partial charge on any atom is -0.332 e. The second kappa shape index (κ2) is 5.37. The van der Waals surface area contributed by atoms with E-state index in [0.717, 1.165) is 12.2 Å². The van der Waals surface area contributed by atoms with Crippen molar-refractivity contribution in [1.82, 2.24) is 9.55 Å². The van der Waals surface area contributed by atoms with Crippen LogP contribution in [-0.2, 0) is 13.1 Å². The number of fused-ring (bicyclic) bond motifs is 1. The van der Waals surface area contributed by atoms with Gasteiger partial charge in [0.1, 0.15) is 5.65 Å². The maximum Gasteiger partial charge on any atom is 0.140 e. The molecule has 0 spiro atoms. The quantitative estimate of drug-likeness (QED) is 0.808. The fourth-order valence-corrected chi connectivity index (χ4v) is 2.33. The predicted octanol–water partition coefficient (Wildman–Crippen LogP) is 2.25. The average Bonchev–Trinajstić information content (AvgIpc) is 2.68. The largest absolute Gasteiger partial charge is 0.332 e. The Kier molecular flexibility index (Phi) is 3.85. The van der Waals surface area contributed by atoms with Crippen LogP contribution in [-0.4, -0.2) is 21.6 Å². The monoisotopic (exact) mass is 235 g/mol. The lowest BCUT2D eigenvalue weighted by Gasteiger charge is -2.02. The second-order valence-corrected chi connectivity index (χ2v) is 4.76. The molecule has 0 bridgehead atoms. The lowest BCUT2D eigenvalue weighted by atomic mass is 10.2. The Balaban J connectivity index is 2.30. The van der Waals surface area contributed by atoms with Gasteiger partial charge in [-0.2, -0.15) is 11.8 Å². The van der Waals surface area contributed by atoms with E-state index in [4.69, 9.17) is 5.73 Å². The summed E-state index contributed by atoms with van der Waals surface area (Å²) in [4.78, 5) is 4.43. The molecular weight excluding hydrogens is 218 g/mol. The van der Waals surface area contributed by atoms with E-state index in [9.17, 15) is 0 Å². The Hall–Kier alpha value is -1.00. The van der Waals surface area contributed by atoms with Gasteiger partial charge in [-0.3, -0.25) is 0 Å². The number of rotatable bonds is 5. The summed E-state index contributed by atoms with van der Waals surface area (Å²) < 4.78 is 2.22. The zero-order chi connectivity index (χ0) is 11.4. The standard InChI is InChI=1S/C12H17N3S/c1-16-7-3-6-15-9-10(8-13)11-4-2-5-14-12(11)15/h2,4-5,9H,3,6-8,13H2,1H3. The molecule has 0 radical (unpaired) electrons. The minimum absolute atomic E-state index is 0.581. The summed E-state index contributed by atoms with van der Waals surface area (Å²) in [5.74, 6) is 1.18. The molecule has 0 amide bonds. The first-order valence-corrected chi connectivity index (χ1v) is 6.88. The van der Waals surface area contributed by atoms with Crippen LogP contribution in [0.25, 0.3) is 11.0 Å². The van der Waals surface area contributed by atoms with Crippen molar-refractivity contribution in [2.24, 2.45) is 5.73 Å². The van der Waals surface area contributed by atoms with Crippen molar-refractivity contribution >= 4 is 22.8 Å². The van der Waals surface area contributed by atoms with Gasteiger partial charge in [-0.25, -0.2) is 4.98 Å². The lowest BCUT2D eigenvalue weighted by Crippen LogP contribution is -1.99. The highest BCUT2D eigenvalue weighted by Crippen LogP contribution is 2.19. The topological polar surface area (TPSA) is 43.8 Å². The van der Waals surface area contributed by atoms with Crippen LogP contribution in [0.5, 0.6) is 0 Å². The molecule has 2 N–H and O–H groups in total. The predicted molar refractivity (Wildman–Crippen MR) is 70.6 cm³/mol. The fourth-order valence-electron chi connectivity index (χ4n) is 1.91. The first-order valence-electron chi connectivity index (χ1n) is 5.48. The van der Waals surface area contributed by atoms with Crippen LogP contribution >= 0.6 is 11.8 Å². The molecule has 0 aliphatic heterocycles. The summed E-state index contributed by atoms with van der Waals surface area (Å²) in [5, 5.41) is 1.19. The van der Waals surface area contributed by atoms with Gasteiger partial charge in [-0.15, -0.1) is 0 Å². The Morgan fingerprint density at radius 3 is 3.12 bits per heavy atom. The summed E-state index contributed by atoms with van der Waals surface area (Å²) in [7, 11) is 0. The van der Waals surface area contributed by atoms with Gasteiger partial charge in [-0.1, -0.05) is 0 Å². The molecule has 0 aliphatic rings. The van der Waals surface area contributed by atoms with Gasteiger partial charge in [0, 0.05) is 30.9 Å². The molecular formula is C12H17N3S. The molecule has 3 nitrogen and oxygen atoms in total. The van der Waals surface area contributed by atoms with E-state index in [1.165, 1.54) is 23.1 Å². The number of hydrogen-bond donors (Lipinski definition) is 1. The van der Waals surface area contributed by atoms with E-state index < -0.39 is 0 Å². The molecule has 0 saturated carbocycles. The third-order valence-electron chi connectivity index (χ3n) is 2.68. The van der Waals surface area contributed by atoms with Crippen molar-refractivity contribution in [3.8, 4) is 0 Å². The van der Waals surface area contributed by atoms with Crippen LogP contribution in [0, 0.1) is 0 Å². The van der Waals surface area contributed by atoms with Crippen molar-refractivity contribution in [1.29, 1.82) is 0 Å². The summed E-state index contributed by atoms with van der Waals surface area (Å²) >= 11 is 1.88. The average molecular weight is 235 g/mol. The maximum absolute atomic E-state index is 5.74. The van der Waals surface area contributed by atoms with Gasteiger partial charge in [0.25, 0.3) is 0 Å². The van der Waals surface area contributed by atoms with Crippen molar-refractivity contribution in [2.75, 3.05) is 12.0 Å². The van der Waals surface area contributed by atoms with Crippen LogP contribution < -0.4 is 5.73 Å². The van der Waals surface area contributed by atoms with Crippen LogP contribution in [0.15, 0.2) is 24.5 Å². The highest BCUT2D eigenvalue weighted by Gasteiger charge is 2.07. The molecule has 0 aliphatic carbocycles. The van der Waals surface area contributed by atoms with Crippen molar-refractivity contribution < 1.29 is 0 Å². The van der Waals surface area contributed by atoms with Gasteiger partial charge in [0.2, 0.25) is 0 Å². The van der Waals surface area contributed by atoms with Gasteiger partial charge in [0.15, 0.2) is 0 Å². The number of hydrogen-bond acceptors (Lipinski definition) is 3. The van der Waals surface area contributed by atoms with Crippen LogP contribution in [0.1, 0.15) is 12.0 Å². The Bertz CT molecular complexity index is 464. The summed E-state index contributed by atoms with van der Waals surface area (Å²) in [5.41, 5.74) is 7.99. The molecule has 2 aromatic rings. The molecule has 0 aromatic carbocycles. The molecule has 0 saturated heterocycles. The molecule has 0 unspecified atom stereocenters. The van der Waals surface area contributed by atoms with Crippen LogP contribution in [0.4, 0.5) is 0 Å². The summed E-state index contributed by atoms with van der Waals surface area (Å²) in [6, 6.07) is 4.06. The molecule has 86 valence electrons. The number of nitrogens with two attached hydrogens (primary N) is 1. The lowest BCUT2D eigenvalue weighted by molar-refractivity contribution is 0.700. The minimum atomic E-state index is 0.581. The van der Waals surface area contributed by atoms with E-state index in [1.54, 1.807) is 0 Å². The van der Waals surface area contributed by atoms with Gasteiger partial charge >= 0.3 is 0 Å². The van der Waals surface area contributed by atoms with Gasteiger partial charge in [-0.05, 0) is 36.1 Å². The Labute approximate surface area is 100 Å². The summed E-state index contributed by atoms with van der Waals surface area (Å²) in [6.45, 7) is 1.60. The van der Waals surface area contributed by atoms with Crippen molar-refractivity contribution in [2.45, 2.75) is 19.5 Å². The van der Waals surface area contributed by atoms with E-state index in [2.05, 4.69) is 28.1 Å². The molecule has 4 heteroatoms. The Morgan fingerprint density at radius 2 is 2.38 bits per heavy atom. The SMILES string of the molecule is CSCCCn1cc(CN)c2cccnc21. The second-order valence-electron chi connectivity index (χ2n) is 3.77. The number of pyridine rings is 1. The normalized spacial score (nSPS) is 11.1. The molecule has 2 aromatic heterocycles. The van der Waals surface area contributed by atoms with Gasteiger partial charge in [0.05, 0.1) is 0 Å². The highest BCUT2D eigenvalue weighted by molar-refractivity contribution is 7.98. The molecule has 0 atom stereocenters. The van der Waals surface area contributed by atoms with E-state index in [1.807, 2.05) is 24.0 Å². The Morgan fingerprint density at radius 1 is 1.50 bits per heavy atom. The number of aryl methyl sites for hydroxylation is 1. The molecule has 16 heavy (non-hydrogen) atoms. The number of thioether (sulfide) groups is 1. The number of aromatic nitrogens is 2. The van der Waals surface area contributed by atoms with Crippen LogP contribution in [0.2, 0.25) is 0 Å². The number of nitrogens with zero attached hydrogens (tertiary/aromatic N) is 2. The zero-order valence-electron chi connectivity index (χ0n) is 9.52. The van der Waals surface area contributed by atoms with E-state index in [0.29, 0.717) is 6.54 Å². The third kappa shape index (κ3) is 2.23. The van der Waals surface area contributed by atoms with E-state index in [-0.39, 0.29) is 0 Å². The fraction of sp³-hybridized carbons (Fsp3) is 0.417. The van der Waals surface area contributed by atoms with Crippen molar-refractivity contribution in [3.05, 3.63) is 30.1 Å². The molecule has 0 fully saturated rings. The first-order chi connectivity index (χ1) is 7.86. The van der Waals surface area contributed by atoms with Crippen molar-refractivity contribution in [3.63, 3.8) is 0 Å². The zero-order valence-corrected chi connectivity index (χ0v) is 10.3. The van der Waals surface area contributed by atoms with Gasteiger partial charge < -0.3 is 10.3 Å². The van der Waals surface area contributed by atoms with E-state index >= 15 is 0 Å². The molecule has 2 rings (SSSR count). The summed E-state index contributed by atoms with van der Waals surface area (Å²) in [6.07, 6.45) is 7.29. The third-order valence-corrected chi connectivity index (χ3v) is 3.38.